The highest BCUT2D eigenvalue weighted by Crippen LogP contribution is 2.06. The molecule has 0 unspecified atom stereocenters. The van der Waals surface area contributed by atoms with Crippen LogP contribution in [0.3, 0.4) is 0 Å². The molecule has 1 rings (SSSR count). The van der Waals surface area contributed by atoms with Gasteiger partial charge in [-0.25, -0.2) is 4.98 Å². The molecule has 0 aliphatic rings. The zero-order valence-corrected chi connectivity index (χ0v) is 7.70. The molecule has 0 saturated heterocycles. The summed E-state index contributed by atoms with van der Waals surface area (Å²) in [6.45, 7) is 3.74. The topological polar surface area (TPSA) is 55.1 Å². The molecule has 1 aromatic rings. The van der Waals surface area contributed by atoms with Crippen LogP contribution in [0, 0.1) is 0 Å². The SMILES string of the molecule is C/C=C\NC(=O)c1ocnc1CC. The van der Waals surface area contributed by atoms with Gasteiger partial charge in [-0.15, -0.1) is 0 Å². The van der Waals surface area contributed by atoms with E-state index in [0.717, 1.165) is 0 Å². The van der Waals surface area contributed by atoms with Crippen LogP contribution in [0.25, 0.3) is 0 Å². The Morgan fingerprint density at radius 3 is 3.15 bits per heavy atom. The number of nitrogens with zero attached hydrogens (tertiary/aromatic N) is 1. The molecule has 0 atom stereocenters. The van der Waals surface area contributed by atoms with Crippen molar-refractivity contribution in [1.82, 2.24) is 10.3 Å². The second-order valence-electron chi connectivity index (χ2n) is 2.46. The molecular weight excluding hydrogens is 168 g/mol. The Hall–Kier alpha value is -1.58. The lowest BCUT2D eigenvalue weighted by Crippen LogP contribution is -2.17. The lowest BCUT2D eigenvalue weighted by molar-refractivity contribution is 0.0941. The lowest BCUT2D eigenvalue weighted by atomic mass is 10.3. The molecule has 0 bridgehead atoms. The highest BCUT2D eigenvalue weighted by Gasteiger charge is 2.13. The minimum Gasteiger partial charge on any atom is -0.438 e. The third-order valence-electron chi connectivity index (χ3n) is 1.56. The molecule has 1 aromatic heterocycles. The van der Waals surface area contributed by atoms with Crippen molar-refractivity contribution in [3.8, 4) is 0 Å². The summed E-state index contributed by atoms with van der Waals surface area (Å²) < 4.78 is 4.96. The molecule has 0 aliphatic carbocycles. The molecule has 1 amide bonds. The second kappa shape index (κ2) is 4.45. The van der Waals surface area contributed by atoms with Crippen LogP contribution < -0.4 is 5.32 Å². The summed E-state index contributed by atoms with van der Waals surface area (Å²) >= 11 is 0. The number of nitrogens with one attached hydrogen (secondary N) is 1. The molecule has 0 aliphatic heterocycles. The van der Waals surface area contributed by atoms with Gasteiger partial charge in [-0.05, 0) is 19.5 Å². The first-order valence-corrected chi connectivity index (χ1v) is 4.14. The first-order valence-electron chi connectivity index (χ1n) is 4.14. The number of amides is 1. The van der Waals surface area contributed by atoms with Crippen molar-refractivity contribution in [1.29, 1.82) is 0 Å². The number of aryl methyl sites for hydroxylation is 1. The van der Waals surface area contributed by atoms with E-state index in [0.29, 0.717) is 17.9 Å². The van der Waals surface area contributed by atoms with Gasteiger partial charge in [0, 0.05) is 0 Å². The van der Waals surface area contributed by atoms with Gasteiger partial charge in [0.1, 0.15) is 0 Å². The summed E-state index contributed by atoms with van der Waals surface area (Å²) in [4.78, 5) is 15.3. The van der Waals surface area contributed by atoms with Crippen molar-refractivity contribution < 1.29 is 9.21 Å². The van der Waals surface area contributed by atoms with E-state index in [9.17, 15) is 4.79 Å². The van der Waals surface area contributed by atoms with E-state index in [2.05, 4.69) is 10.3 Å². The van der Waals surface area contributed by atoms with Crippen LogP contribution in [0.4, 0.5) is 0 Å². The summed E-state index contributed by atoms with van der Waals surface area (Å²) in [6.07, 6.45) is 5.27. The zero-order valence-electron chi connectivity index (χ0n) is 7.70. The fourth-order valence-electron chi connectivity index (χ4n) is 0.930. The van der Waals surface area contributed by atoms with E-state index >= 15 is 0 Å². The Morgan fingerprint density at radius 2 is 2.54 bits per heavy atom. The second-order valence-corrected chi connectivity index (χ2v) is 2.46. The van der Waals surface area contributed by atoms with Gasteiger partial charge in [0.15, 0.2) is 6.39 Å². The van der Waals surface area contributed by atoms with Crippen molar-refractivity contribution >= 4 is 5.91 Å². The molecule has 0 saturated carbocycles. The van der Waals surface area contributed by atoms with Crippen LogP contribution in [0.5, 0.6) is 0 Å². The monoisotopic (exact) mass is 180 g/mol. The Labute approximate surface area is 76.7 Å². The minimum atomic E-state index is -0.257. The molecule has 0 aromatic carbocycles. The standard InChI is InChI=1S/C9H12N2O2/c1-3-5-10-9(12)8-7(4-2)11-6-13-8/h3,5-6H,4H2,1-2H3,(H,10,12)/b5-3-. The van der Waals surface area contributed by atoms with Crippen molar-refractivity contribution in [3.05, 3.63) is 30.1 Å². The maximum atomic E-state index is 11.3. The molecule has 70 valence electrons. The summed E-state index contributed by atoms with van der Waals surface area (Å²) in [5, 5.41) is 2.56. The first kappa shape index (κ1) is 9.51. The Balaban J connectivity index is 2.76. The van der Waals surface area contributed by atoms with E-state index < -0.39 is 0 Å². The number of hydrogen-bond donors (Lipinski definition) is 1. The number of carbonyl (C=O) groups is 1. The lowest BCUT2D eigenvalue weighted by Gasteiger charge is -1.96. The molecule has 0 fully saturated rings. The van der Waals surface area contributed by atoms with Crippen LogP contribution >= 0.6 is 0 Å². The van der Waals surface area contributed by atoms with Crippen LogP contribution in [-0.2, 0) is 6.42 Å². The quantitative estimate of drug-likeness (QED) is 0.766. The van der Waals surface area contributed by atoms with Gasteiger partial charge < -0.3 is 9.73 Å². The molecule has 1 heterocycles. The summed E-state index contributed by atoms with van der Waals surface area (Å²) in [7, 11) is 0. The predicted octanol–water partition coefficient (Wildman–Crippen LogP) is 1.50. The molecule has 4 heteroatoms. The number of allylic oxidation sites excluding steroid dienone is 1. The number of oxazole rings is 1. The van der Waals surface area contributed by atoms with Gasteiger partial charge in [0.05, 0.1) is 5.69 Å². The Kier molecular flexibility index (Phi) is 3.25. The third-order valence-corrected chi connectivity index (χ3v) is 1.56. The highest BCUT2D eigenvalue weighted by atomic mass is 16.3. The van der Waals surface area contributed by atoms with Crippen LogP contribution in [0.2, 0.25) is 0 Å². The molecule has 0 radical (unpaired) electrons. The van der Waals surface area contributed by atoms with Crippen LogP contribution in [-0.4, -0.2) is 10.9 Å². The summed E-state index contributed by atoms with van der Waals surface area (Å²) in [5.74, 6) is 0.0352. The van der Waals surface area contributed by atoms with Crippen molar-refractivity contribution in [2.45, 2.75) is 20.3 Å². The largest absolute Gasteiger partial charge is 0.438 e. The average Bonchev–Trinajstić information content (AvgIpc) is 2.61. The zero-order chi connectivity index (χ0) is 9.68. The van der Waals surface area contributed by atoms with Crippen LogP contribution in [0.1, 0.15) is 30.1 Å². The summed E-state index contributed by atoms with van der Waals surface area (Å²) in [6, 6.07) is 0. The van der Waals surface area contributed by atoms with Gasteiger partial charge in [-0.1, -0.05) is 13.0 Å². The molecule has 13 heavy (non-hydrogen) atoms. The van der Waals surface area contributed by atoms with E-state index in [4.69, 9.17) is 4.42 Å². The summed E-state index contributed by atoms with van der Waals surface area (Å²) in [5.41, 5.74) is 0.682. The number of aromatic nitrogens is 1. The average molecular weight is 180 g/mol. The van der Waals surface area contributed by atoms with Crippen molar-refractivity contribution in [2.24, 2.45) is 0 Å². The van der Waals surface area contributed by atoms with Gasteiger partial charge in [-0.2, -0.15) is 0 Å². The Bertz CT molecular complexity index is 315. The number of carbonyl (C=O) groups excluding carboxylic acids is 1. The predicted molar refractivity (Wildman–Crippen MR) is 48.2 cm³/mol. The maximum Gasteiger partial charge on any atom is 0.292 e. The molecule has 1 N–H and O–H groups in total. The fourth-order valence-corrected chi connectivity index (χ4v) is 0.930. The molecule has 0 spiro atoms. The fraction of sp³-hybridized carbons (Fsp3) is 0.333. The first-order chi connectivity index (χ1) is 6.29. The number of hydrogen-bond acceptors (Lipinski definition) is 3. The van der Waals surface area contributed by atoms with Gasteiger partial charge >= 0.3 is 0 Å². The van der Waals surface area contributed by atoms with Gasteiger partial charge in [0.2, 0.25) is 5.76 Å². The van der Waals surface area contributed by atoms with E-state index in [1.807, 2.05) is 13.8 Å². The smallest absolute Gasteiger partial charge is 0.292 e. The third kappa shape index (κ3) is 2.18. The van der Waals surface area contributed by atoms with Crippen molar-refractivity contribution in [2.75, 3.05) is 0 Å². The maximum absolute atomic E-state index is 11.3. The van der Waals surface area contributed by atoms with Crippen LogP contribution in [0.15, 0.2) is 23.1 Å². The van der Waals surface area contributed by atoms with E-state index in [-0.39, 0.29) is 5.91 Å². The van der Waals surface area contributed by atoms with Crippen molar-refractivity contribution in [3.63, 3.8) is 0 Å². The Morgan fingerprint density at radius 1 is 1.77 bits per heavy atom. The minimum absolute atomic E-state index is 0.257. The molecular formula is C9H12N2O2. The van der Waals surface area contributed by atoms with E-state index in [1.54, 1.807) is 12.3 Å². The number of rotatable bonds is 3. The molecule has 4 nitrogen and oxygen atoms in total. The van der Waals surface area contributed by atoms with Gasteiger partial charge in [-0.3, -0.25) is 4.79 Å². The highest BCUT2D eigenvalue weighted by molar-refractivity contribution is 5.93. The van der Waals surface area contributed by atoms with E-state index in [1.165, 1.54) is 6.39 Å². The normalized spacial score (nSPS) is 10.6. The van der Waals surface area contributed by atoms with Gasteiger partial charge in [0.25, 0.3) is 5.91 Å².